The maximum atomic E-state index is 12.3. The van der Waals surface area contributed by atoms with E-state index in [0.29, 0.717) is 6.61 Å². The summed E-state index contributed by atoms with van der Waals surface area (Å²) in [5.41, 5.74) is -0.359. The van der Waals surface area contributed by atoms with Gasteiger partial charge in [0.1, 0.15) is 0 Å². The Balaban J connectivity index is 2.22. The summed E-state index contributed by atoms with van der Waals surface area (Å²) in [5.74, 6) is -1.71. The van der Waals surface area contributed by atoms with E-state index in [9.17, 15) is 9.59 Å². The standard InChI is InChI=1S/C11H15N3O5/c1-6-4-19-7(3-15)2-14(6)10(16)8-9(11(17)18)13-5-12-8/h5-7,15H,2-4H2,1H3,(H,12,13)(H,17,18). The smallest absolute Gasteiger partial charge is 0.354 e. The molecule has 0 radical (unpaired) electrons. The van der Waals surface area contributed by atoms with Crippen molar-refractivity contribution in [3.63, 3.8) is 0 Å². The van der Waals surface area contributed by atoms with Gasteiger partial charge in [0.25, 0.3) is 5.91 Å². The second-order valence-electron chi connectivity index (χ2n) is 4.38. The fraction of sp³-hybridized carbons (Fsp3) is 0.545. The Morgan fingerprint density at radius 2 is 2.37 bits per heavy atom. The maximum Gasteiger partial charge on any atom is 0.354 e. The SMILES string of the molecule is CC1COC(CO)CN1C(=O)c1nc[nH]c1C(=O)O. The predicted octanol–water partition coefficient (Wildman–Crippen LogP) is -0.670. The van der Waals surface area contributed by atoms with Crippen LogP contribution in [0, 0.1) is 0 Å². The molecule has 2 rings (SSSR count). The van der Waals surface area contributed by atoms with Crippen molar-refractivity contribution in [2.24, 2.45) is 0 Å². The molecule has 2 heterocycles. The van der Waals surface area contributed by atoms with Crippen molar-refractivity contribution in [3.8, 4) is 0 Å². The first-order valence-electron chi connectivity index (χ1n) is 5.84. The summed E-state index contributed by atoms with van der Waals surface area (Å²) in [6.07, 6.45) is 0.720. The first kappa shape index (κ1) is 13.5. The summed E-state index contributed by atoms with van der Waals surface area (Å²) in [4.78, 5) is 30.9. The number of morpholine rings is 1. The summed E-state index contributed by atoms with van der Waals surface area (Å²) >= 11 is 0. The molecule has 104 valence electrons. The van der Waals surface area contributed by atoms with E-state index in [4.69, 9.17) is 14.9 Å². The van der Waals surface area contributed by atoms with Crippen molar-refractivity contribution in [1.29, 1.82) is 0 Å². The molecule has 8 nitrogen and oxygen atoms in total. The van der Waals surface area contributed by atoms with Crippen molar-refractivity contribution in [2.75, 3.05) is 19.8 Å². The minimum atomic E-state index is -1.24. The molecule has 1 fully saturated rings. The Kier molecular flexibility index (Phi) is 3.82. The molecule has 19 heavy (non-hydrogen) atoms. The zero-order chi connectivity index (χ0) is 14.0. The Morgan fingerprint density at radius 3 is 3.00 bits per heavy atom. The van der Waals surface area contributed by atoms with Gasteiger partial charge in [0.2, 0.25) is 0 Å². The number of carboxylic acids is 1. The van der Waals surface area contributed by atoms with E-state index in [1.165, 1.54) is 11.2 Å². The molecule has 8 heteroatoms. The van der Waals surface area contributed by atoms with Crippen LogP contribution in [0.2, 0.25) is 0 Å². The number of H-pyrrole nitrogens is 1. The van der Waals surface area contributed by atoms with Crippen LogP contribution < -0.4 is 0 Å². The van der Waals surface area contributed by atoms with E-state index in [1.807, 2.05) is 0 Å². The normalized spacial score (nSPS) is 23.4. The van der Waals surface area contributed by atoms with Gasteiger partial charge in [-0.2, -0.15) is 0 Å². The average Bonchev–Trinajstić information content (AvgIpc) is 2.88. The lowest BCUT2D eigenvalue weighted by atomic mass is 10.1. The molecule has 1 saturated heterocycles. The molecule has 1 aliphatic heterocycles. The first-order valence-corrected chi connectivity index (χ1v) is 5.84. The number of aromatic nitrogens is 2. The lowest BCUT2D eigenvalue weighted by Gasteiger charge is -2.37. The summed E-state index contributed by atoms with van der Waals surface area (Å²) in [6.45, 7) is 2.10. The van der Waals surface area contributed by atoms with Gasteiger partial charge in [0.05, 0.1) is 31.7 Å². The average molecular weight is 269 g/mol. The summed E-state index contributed by atoms with van der Waals surface area (Å²) in [5, 5.41) is 18.0. The van der Waals surface area contributed by atoms with Crippen LogP contribution in [0.4, 0.5) is 0 Å². The van der Waals surface area contributed by atoms with E-state index in [1.54, 1.807) is 6.92 Å². The van der Waals surface area contributed by atoms with Crippen LogP contribution in [-0.4, -0.2) is 68.9 Å². The molecule has 0 spiro atoms. The van der Waals surface area contributed by atoms with Gasteiger partial charge in [-0.3, -0.25) is 4.79 Å². The number of nitrogens with one attached hydrogen (secondary N) is 1. The molecule has 1 aliphatic rings. The van der Waals surface area contributed by atoms with Crippen LogP contribution in [-0.2, 0) is 4.74 Å². The molecule has 0 aliphatic carbocycles. The number of ether oxygens (including phenoxy) is 1. The Morgan fingerprint density at radius 1 is 1.63 bits per heavy atom. The molecule has 0 bridgehead atoms. The quantitative estimate of drug-likeness (QED) is 0.670. The summed E-state index contributed by atoms with van der Waals surface area (Å²) in [6, 6.07) is -0.200. The number of carbonyl (C=O) groups is 2. The van der Waals surface area contributed by atoms with Gasteiger partial charge < -0.3 is 24.8 Å². The second kappa shape index (κ2) is 5.37. The van der Waals surface area contributed by atoms with Crippen molar-refractivity contribution in [1.82, 2.24) is 14.9 Å². The Hall–Kier alpha value is -1.93. The number of aromatic carboxylic acids is 1. The lowest BCUT2D eigenvalue weighted by Crippen LogP contribution is -2.52. The maximum absolute atomic E-state index is 12.3. The number of amides is 1. The van der Waals surface area contributed by atoms with E-state index in [-0.39, 0.29) is 30.6 Å². The molecule has 0 aromatic carbocycles. The van der Waals surface area contributed by atoms with Gasteiger partial charge in [-0.25, -0.2) is 9.78 Å². The van der Waals surface area contributed by atoms with E-state index in [2.05, 4.69) is 9.97 Å². The monoisotopic (exact) mass is 269 g/mol. The van der Waals surface area contributed by atoms with E-state index in [0.717, 1.165) is 0 Å². The topological polar surface area (TPSA) is 116 Å². The highest BCUT2D eigenvalue weighted by molar-refractivity contribution is 6.02. The fourth-order valence-electron chi connectivity index (χ4n) is 1.97. The molecular formula is C11H15N3O5. The van der Waals surface area contributed by atoms with Crippen LogP contribution in [0.25, 0.3) is 0 Å². The predicted molar refractivity (Wildman–Crippen MR) is 62.9 cm³/mol. The summed E-state index contributed by atoms with van der Waals surface area (Å²) < 4.78 is 5.33. The molecule has 1 aromatic rings. The number of aliphatic hydroxyl groups is 1. The van der Waals surface area contributed by atoms with Crippen molar-refractivity contribution in [3.05, 3.63) is 17.7 Å². The first-order chi connectivity index (χ1) is 9.04. The van der Waals surface area contributed by atoms with Crippen LogP contribution in [0.15, 0.2) is 6.33 Å². The molecule has 0 saturated carbocycles. The molecule has 2 unspecified atom stereocenters. The van der Waals surface area contributed by atoms with Gasteiger partial charge in [0.15, 0.2) is 11.4 Å². The highest BCUT2D eigenvalue weighted by Crippen LogP contribution is 2.16. The fourth-order valence-corrected chi connectivity index (χ4v) is 1.97. The number of hydrogen-bond acceptors (Lipinski definition) is 5. The highest BCUT2D eigenvalue weighted by Gasteiger charge is 2.33. The van der Waals surface area contributed by atoms with E-state index >= 15 is 0 Å². The zero-order valence-corrected chi connectivity index (χ0v) is 10.4. The van der Waals surface area contributed by atoms with Gasteiger partial charge in [-0.05, 0) is 6.92 Å². The number of carboxylic acid groups (broad SMARTS) is 1. The number of carbonyl (C=O) groups excluding carboxylic acids is 1. The third-order valence-corrected chi connectivity index (χ3v) is 3.03. The zero-order valence-electron chi connectivity index (χ0n) is 10.4. The summed E-state index contributed by atoms with van der Waals surface area (Å²) in [7, 11) is 0. The Labute approximate surface area is 109 Å². The third kappa shape index (κ3) is 2.59. The number of hydrogen-bond donors (Lipinski definition) is 3. The van der Waals surface area contributed by atoms with Crippen LogP contribution >= 0.6 is 0 Å². The van der Waals surface area contributed by atoms with Crippen molar-refractivity contribution >= 4 is 11.9 Å². The van der Waals surface area contributed by atoms with Gasteiger partial charge in [-0.1, -0.05) is 0 Å². The molecule has 1 amide bonds. The molecule has 3 N–H and O–H groups in total. The number of nitrogens with zero attached hydrogens (tertiary/aromatic N) is 2. The highest BCUT2D eigenvalue weighted by atomic mass is 16.5. The number of rotatable bonds is 3. The van der Waals surface area contributed by atoms with Gasteiger partial charge in [-0.15, -0.1) is 0 Å². The van der Waals surface area contributed by atoms with Crippen molar-refractivity contribution < 1.29 is 24.5 Å². The number of aliphatic hydroxyl groups excluding tert-OH is 1. The van der Waals surface area contributed by atoms with Crippen LogP contribution in [0.5, 0.6) is 0 Å². The Bertz CT molecular complexity index is 486. The number of aromatic amines is 1. The second-order valence-corrected chi connectivity index (χ2v) is 4.38. The molecular weight excluding hydrogens is 254 g/mol. The minimum Gasteiger partial charge on any atom is -0.477 e. The third-order valence-electron chi connectivity index (χ3n) is 3.03. The molecule has 1 aromatic heterocycles. The minimum absolute atomic E-state index is 0.127. The van der Waals surface area contributed by atoms with Crippen LogP contribution in [0.1, 0.15) is 27.9 Å². The largest absolute Gasteiger partial charge is 0.477 e. The van der Waals surface area contributed by atoms with Crippen molar-refractivity contribution in [2.45, 2.75) is 19.1 Å². The van der Waals surface area contributed by atoms with Gasteiger partial charge >= 0.3 is 5.97 Å². The van der Waals surface area contributed by atoms with E-state index < -0.39 is 18.0 Å². The molecule has 2 atom stereocenters. The number of imidazole rings is 1. The lowest BCUT2D eigenvalue weighted by molar-refractivity contribution is -0.0668. The van der Waals surface area contributed by atoms with Crippen LogP contribution in [0.3, 0.4) is 0 Å². The van der Waals surface area contributed by atoms with Gasteiger partial charge in [0, 0.05) is 6.54 Å².